The first-order valence-electron chi connectivity index (χ1n) is 12.7. The Hall–Kier alpha value is -4.78. The van der Waals surface area contributed by atoms with Gasteiger partial charge in [0, 0.05) is 34.8 Å². The number of hydrogen-bond acceptors (Lipinski definition) is 6. The Morgan fingerprint density at radius 2 is 1.48 bits per heavy atom. The highest BCUT2D eigenvalue weighted by Crippen LogP contribution is 2.38. The highest BCUT2D eigenvalue weighted by atomic mass is 19.1. The lowest BCUT2D eigenvalue weighted by Gasteiger charge is -2.14. The van der Waals surface area contributed by atoms with Crippen LogP contribution in [0.3, 0.4) is 0 Å². The number of carbonyl (C=O) groups is 3. The molecule has 0 N–H and O–H groups in total. The van der Waals surface area contributed by atoms with Gasteiger partial charge in [0.05, 0.1) is 6.61 Å². The first-order valence-corrected chi connectivity index (χ1v) is 12.7. The van der Waals surface area contributed by atoms with Crippen LogP contribution in [0.4, 0.5) is 4.39 Å². The number of benzene rings is 3. The van der Waals surface area contributed by atoms with Gasteiger partial charge in [-0.3, -0.25) is 0 Å². The summed E-state index contributed by atoms with van der Waals surface area (Å²) in [4.78, 5) is 35.8. The number of carbonyl (C=O) groups excluding carboxylic acids is 3. The number of ether oxygens (including phenoxy) is 3. The van der Waals surface area contributed by atoms with Gasteiger partial charge in [-0.2, -0.15) is 0 Å². The van der Waals surface area contributed by atoms with Crippen molar-refractivity contribution in [2.75, 3.05) is 6.61 Å². The van der Waals surface area contributed by atoms with Crippen LogP contribution in [0.5, 0.6) is 11.5 Å². The minimum atomic E-state index is -0.667. The van der Waals surface area contributed by atoms with Crippen LogP contribution in [-0.2, 0) is 25.5 Å². The number of esters is 3. The van der Waals surface area contributed by atoms with E-state index in [1.54, 1.807) is 12.1 Å². The second kappa shape index (κ2) is 11.9. The van der Waals surface area contributed by atoms with Crippen molar-refractivity contribution in [2.24, 2.45) is 0 Å². The summed E-state index contributed by atoms with van der Waals surface area (Å²) in [5.74, 6) is -2.11. The van der Waals surface area contributed by atoms with E-state index in [0.29, 0.717) is 11.1 Å². The zero-order valence-corrected chi connectivity index (χ0v) is 22.4. The summed E-state index contributed by atoms with van der Waals surface area (Å²) >= 11 is 0. The molecule has 3 aromatic rings. The summed E-state index contributed by atoms with van der Waals surface area (Å²) < 4.78 is 31.5. The summed E-state index contributed by atoms with van der Waals surface area (Å²) in [5, 5.41) is 0. The molecule has 1 unspecified atom stereocenters. The Labute approximate surface area is 232 Å². The van der Waals surface area contributed by atoms with Gasteiger partial charge in [0.15, 0.2) is 0 Å². The van der Waals surface area contributed by atoms with E-state index in [9.17, 15) is 14.4 Å². The molecular weight excluding hydrogens is 511 g/mol. The van der Waals surface area contributed by atoms with E-state index in [1.807, 2.05) is 18.2 Å². The van der Waals surface area contributed by atoms with Gasteiger partial charge in [-0.1, -0.05) is 50.1 Å². The second-order valence-corrected chi connectivity index (χ2v) is 9.71. The average molecular weight is 541 g/mol. The summed E-state index contributed by atoms with van der Waals surface area (Å²) in [6.07, 6.45) is 2.88. The Bertz CT molecular complexity index is 1500. The molecule has 7 heteroatoms. The van der Waals surface area contributed by atoms with Crippen molar-refractivity contribution in [3.63, 3.8) is 0 Å². The molecule has 204 valence electrons. The van der Waals surface area contributed by atoms with Crippen LogP contribution in [0, 0.1) is 5.82 Å². The third-order valence-corrected chi connectivity index (χ3v) is 6.55. The van der Waals surface area contributed by atoms with E-state index < -0.39 is 23.7 Å². The Morgan fingerprint density at radius 3 is 2.05 bits per heavy atom. The maximum atomic E-state index is 15.6. The maximum absolute atomic E-state index is 15.6. The molecule has 1 aliphatic rings. The maximum Gasteiger partial charge on any atom is 0.338 e. The molecule has 40 heavy (non-hydrogen) atoms. The van der Waals surface area contributed by atoms with Gasteiger partial charge in [-0.15, -0.1) is 0 Å². The first kappa shape index (κ1) is 28.2. The lowest BCUT2D eigenvalue weighted by atomic mass is 9.95. The monoisotopic (exact) mass is 540 g/mol. The van der Waals surface area contributed by atoms with Gasteiger partial charge in [-0.05, 0) is 72.7 Å². The molecule has 1 aliphatic carbocycles. The minimum absolute atomic E-state index is 0.0629. The molecule has 0 spiro atoms. The van der Waals surface area contributed by atoms with Crippen molar-refractivity contribution in [3.05, 3.63) is 109 Å². The van der Waals surface area contributed by atoms with Gasteiger partial charge < -0.3 is 14.2 Å². The number of hydrogen-bond donors (Lipinski definition) is 0. The molecule has 0 saturated heterocycles. The second-order valence-electron chi connectivity index (χ2n) is 9.71. The van der Waals surface area contributed by atoms with E-state index in [1.165, 1.54) is 43.7 Å². The van der Waals surface area contributed by atoms with Crippen LogP contribution >= 0.6 is 0 Å². The third kappa shape index (κ3) is 6.43. The van der Waals surface area contributed by atoms with Gasteiger partial charge in [0.2, 0.25) is 0 Å². The molecule has 0 saturated carbocycles. The summed E-state index contributed by atoms with van der Waals surface area (Å²) in [6.45, 7) is 13.8. The fourth-order valence-corrected chi connectivity index (χ4v) is 4.44. The molecule has 0 aromatic heterocycles. The molecule has 0 fully saturated rings. The molecule has 6 nitrogen and oxygen atoms in total. The van der Waals surface area contributed by atoms with E-state index >= 15 is 4.39 Å². The normalized spacial score (nSPS) is 13.6. The van der Waals surface area contributed by atoms with Gasteiger partial charge in [-0.25, -0.2) is 18.8 Å². The van der Waals surface area contributed by atoms with E-state index in [4.69, 9.17) is 14.2 Å². The molecule has 0 amide bonds. The topological polar surface area (TPSA) is 78.9 Å². The molecular formula is C33H29FO6. The standard InChI is InChI=1S/C33H29FO6/c1-6-31(35)38-18-24-10-8-21-7-9-22(15-29(21)24)23-11-12-28(30(34)16-23)25-13-26(39-32(36)19(2)3)17-27(14-25)40-33(37)20(4)5/h6-7,9,11-17,24H,1-2,4,8,10,18H2,3,5H3. The van der Waals surface area contributed by atoms with Crippen molar-refractivity contribution in [1.29, 1.82) is 0 Å². The van der Waals surface area contributed by atoms with Gasteiger partial charge in [0.1, 0.15) is 17.3 Å². The highest BCUT2D eigenvalue weighted by Gasteiger charge is 2.24. The van der Waals surface area contributed by atoms with Gasteiger partial charge >= 0.3 is 17.9 Å². The molecule has 1 atom stereocenters. The zero-order valence-electron chi connectivity index (χ0n) is 22.4. The van der Waals surface area contributed by atoms with Crippen molar-refractivity contribution in [3.8, 4) is 33.8 Å². The lowest BCUT2D eigenvalue weighted by molar-refractivity contribution is -0.138. The van der Waals surface area contributed by atoms with E-state index in [2.05, 4.69) is 19.7 Å². The largest absolute Gasteiger partial charge is 0.462 e. The van der Waals surface area contributed by atoms with Gasteiger partial charge in [0.25, 0.3) is 0 Å². The smallest absolute Gasteiger partial charge is 0.338 e. The lowest BCUT2D eigenvalue weighted by Crippen LogP contribution is -2.10. The fourth-order valence-electron chi connectivity index (χ4n) is 4.44. The number of halogens is 1. The van der Waals surface area contributed by atoms with Crippen molar-refractivity contribution < 1.29 is 33.0 Å². The molecule has 3 aromatic carbocycles. The molecule has 0 radical (unpaired) electrons. The van der Waals surface area contributed by atoms with Crippen LogP contribution in [0.1, 0.15) is 37.3 Å². The van der Waals surface area contributed by atoms with Crippen molar-refractivity contribution in [2.45, 2.75) is 32.6 Å². The summed E-state index contributed by atoms with van der Waals surface area (Å²) in [7, 11) is 0. The number of aryl methyl sites for hydroxylation is 1. The fraction of sp³-hybridized carbons (Fsp3) is 0.182. The van der Waals surface area contributed by atoms with Crippen LogP contribution in [0.15, 0.2) is 91.6 Å². The van der Waals surface area contributed by atoms with Crippen LogP contribution in [0.25, 0.3) is 22.3 Å². The van der Waals surface area contributed by atoms with Crippen LogP contribution in [0.2, 0.25) is 0 Å². The van der Waals surface area contributed by atoms with Crippen LogP contribution < -0.4 is 9.47 Å². The predicted molar refractivity (Wildman–Crippen MR) is 150 cm³/mol. The number of rotatable bonds is 9. The number of fused-ring (bicyclic) bond motifs is 1. The molecule has 0 bridgehead atoms. The van der Waals surface area contributed by atoms with Crippen molar-refractivity contribution >= 4 is 17.9 Å². The van der Waals surface area contributed by atoms with Crippen LogP contribution in [-0.4, -0.2) is 24.5 Å². The Kier molecular flexibility index (Phi) is 8.43. The molecule has 0 heterocycles. The first-order chi connectivity index (χ1) is 19.0. The minimum Gasteiger partial charge on any atom is -0.462 e. The van der Waals surface area contributed by atoms with E-state index in [-0.39, 0.29) is 40.7 Å². The predicted octanol–water partition coefficient (Wildman–Crippen LogP) is 6.88. The Morgan fingerprint density at radius 1 is 0.875 bits per heavy atom. The SMILES string of the molecule is C=CC(=O)OCC1CCc2ccc(-c3ccc(-c4cc(OC(=O)C(=C)C)cc(OC(=O)C(=C)C)c4)c(F)c3)cc21. The van der Waals surface area contributed by atoms with Crippen molar-refractivity contribution in [1.82, 2.24) is 0 Å². The Balaban J connectivity index is 1.66. The summed E-state index contributed by atoms with van der Waals surface area (Å²) in [6, 6.07) is 15.1. The zero-order chi connectivity index (χ0) is 29.0. The quantitative estimate of drug-likeness (QED) is 0.167. The van der Waals surface area contributed by atoms with E-state index in [0.717, 1.165) is 30.0 Å². The summed E-state index contributed by atoms with van der Waals surface area (Å²) in [5.41, 5.74) is 4.67. The third-order valence-electron chi connectivity index (χ3n) is 6.55. The average Bonchev–Trinajstić information content (AvgIpc) is 3.33. The molecule has 4 rings (SSSR count). The molecule has 0 aliphatic heterocycles. The highest BCUT2D eigenvalue weighted by molar-refractivity contribution is 5.90.